The molecule has 0 radical (unpaired) electrons. The lowest BCUT2D eigenvalue weighted by Gasteiger charge is -2.06. The number of carbonyl (C=O) groups is 1. The molecule has 1 aromatic heterocycles. The summed E-state index contributed by atoms with van der Waals surface area (Å²) in [6.45, 7) is 2.76. The number of aromatic carboxylic acids is 1. The molecule has 0 amide bonds. The van der Waals surface area contributed by atoms with Crippen molar-refractivity contribution in [1.82, 2.24) is 15.0 Å². The lowest BCUT2D eigenvalue weighted by Crippen LogP contribution is -2.05. The first-order valence-corrected chi connectivity index (χ1v) is 5.96. The molecule has 0 unspecified atom stereocenters. The van der Waals surface area contributed by atoms with E-state index in [9.17, 15) is 4.79 Å². The summed E-state index contributed by atoms with van der Waals surface area (Å²) in [4.78, 5) is 11.2. The molecule has 0 aliphatic rings. The highest BCUT2D eigenvalue weighted by Crippen LogP contribution is 2.22. The first-order chi connectivity index (χ1) is 8.74. The lowest BCUT2D eigenvalue weighted by molar-refractivity contribution is 0.0691. The number of nitrogens with zero attached hydrogens (tertiary/aromatic N) is 3. The summed E-state index contributed by atoms with van der Waals surface area (Å²) in [7, 11) is 0. The molecule has 18 heavy (non-hydrogen) atoms. The number of hydrogen-bond donors (Lipinski definition) is 1. The van der Waals surface area contributed by atoms with E-state index in [0.29, 0.717) is 12.2 Å². The van der Waals surface area contributed by atoms with Crippen molar-refractivity contribution in [1.29, 1.82) is 0 Å². The quantitative estimate of drug-likeness (QED) is 0.878. The second-order valence-electron chi connectivity index (χ2n) is 4.03. The zero-order valence-corrected chi connectivity index (χ0v) is 10.2. The number of hydrogen-bond acceptors (Lipinski definition) is 3. The van der Waals surface area contributed by atoms with E-state index in [1.54, 1.807) is 4.68 Å². The monoisotopic (exact) mass is 245 g/mol. The van der Waals surface area contributed by atoms with Crippen LogP contribution >= 0.6 is 0 Å². The molecule has 94 valence electrons. The van der Waals surface area contributed by atoms with Gasteiger partial charge < -0.3 is 5.11 Å². The highest BCUT2D eigenvalue weighted by atomic mass is 16.4. The number of unbranched alkanes of at least 4 members (excludes halogenated alkanes) is 1. The summed E-state index contributed by atoms with van der Waals surface area (Å²) in [6, 6.07) is 9.38. The Morgan fingerprint density at radius 1 is 1.33 bits per heavy atom. The van der Waals surface area contributed by atoms with Crippen LogP contribution < -0.4 is 0 Å². The molecular formula is C13H15N3O2. The van der Waals surface area contributed by atoms with Crippen LogP contribution in [0.1, 0.15) is 30.3 Å². The Morgan fingerprint density at radius 2 is 2.06 bits per heavy atom. The van der Waals surface area contributed by atoms with Crippen molar-refractivity contribution >= 4 is 5.97 Å². The van der Waals surface area contributed by atoms with Crippen molar-refractivity contribution in [2.45, 2.75) is 26.3 Å². The fraction of sp³-hybridized carbons (Fsp3) is 0.308. The molecule has 0 aliphatic heterocycles. The predicted molar refractivity (Wildman–Crippen MR) is 67.3 cm³/mol. The van der Waals surface area contributed by atoms with Gasteiger partial charge in [-0.1, -0.05) is 48.9 Å². The number of carboxylic acid groups (broad SMARTS) is 1. The van der Waals surface area contributed by atoms with Crippen LogP contribution in [0.3, 0.4) is 0 Å². The number of carboxylic acids is 1. The fourth-order valence-electron chi connectivity index (χ4n) is 1.80. The highest BCUT2D eigenvalue weighted by molar-refractivity contribution is 5.92. The van der Waals surface area contributed by atoms with E-state index >= 15 is 0 Å². The summed E-state index contributed by atoms with van der Waals surface area (Å²) in [6.07, 6.45) is 1.97. The molecule has 0 fully saturated rings. The van der Waals surface area contributed by atoms with E-state index < -0.39 is 5.97 Å². The van der Waals surface area contributed by atoms with Gasteiger partial charge in [-0.05, 0) is 6.42 Å². The van der Waals surface area contributed by atoms with Gasteiger partial charge in [0.05, 0.1) is 0 Å². The fourth-order valence-corrected chi connectivity index (χ4v) is 1.80. The minimum atomic E-state index is -1.04. The van der Waals surface area contributed by atoms with E-state index in [1.165, 1.54) is 0 Å². The van der Waals surface area contributed by atoms with Gasteiger partial charge in [0.25, 0.3) is 0 Å². The molecule has 1 N–H and O–H groups in total. The third-order valence-electron chi connectivity index (χ3n) is 2.71. The number of rotatable bonds is 5. The molecule has 1 heterocycles. The third-order valence-corrected chi connectivity index (χ3v) is 2.71. The first kappa shape index (κ1) is 12.3. The Hall–Kier alpha value is -2.17. The van der Waals surface area contributed by atoms with Gasteiger partial charge in [-0.3, -0.25) is 0 Å². The van der Waals surface area contributed by atoms with Crippen LogP contribution in [-0.4, -0.2) is 26.1 Å². The molecule has 2 aromatic rings. The molecule has 1 aromatic carbocycles. The van der Waals surface area contributed by atoms with Crippen molar-refractivity contribution in [3.8, 4) is 11.3 Å². The molecule has 0 aliphatic carbocycles. The molecule has 0 saturated carbocycles. The Balaban J connectivity index is 2.47. The van der Waals surface area contributed by atoms with Crippen LogP contribution in [0.25, 0.3) is 11.3 Å². The molecule has 5 nitrogen and oxygen atoms in total. The maximum absolute atomic E-state index is 11.2. The van der Waals surface area contributed by atoms with Crippen molar-refractivity contribution in [3.05, 3.63) is 36.0 Å². The average molecular weight is 245 g/mol. The van der Waals surface area contributed by atoms with Crippen LogP contribution in [0.4, 0.5) is 0 Å². The van der Waals surface area contributed by atoms with E-state index in [0.717, 1.165) is 18.4 Å². The molecule has 5 heteroatoms. The summed E-state index contributed by atoms with van der Waals surface area (Å²) in [5.74, 6) is -1.04. The minimum absolute atomic E-state index is 0.0114. The molecule has 0 saturated heterocycles. The van der Waals surface area contributed by atoms with Crippen molar-refractivity contribution in [2.24, 2.45) is 0 Å². The largest absolute Gasteiger partial charge is 0.476 e. The molecule has 2 rings (SSSR count). The molecule has 0 spiro atoms. The van der Waals surface area contributed by atoms with Gasteiger partial charge in [-0.15, -0.1) is 5.10 Å². The minimum Gasteiger partial charge on any atom is -0.476 e. The van der Waals surface area contributed by atoms with Crippen molar-refractivity contribution < 1.29 is 9.90 Å². The smallest absolute Gasteiger partial charge is 0.358 e. The third kappa shape index (κ3) is 2.40. The number of aryl methyl sites for hydroxylation is 1. The van der Waals surface area contributed by atoms with Gasteiger partial charge in [-0.25, -0.2) is 9.48 Å². The number of benzene rings is 1. The van der Waals surface area contributed by atoms with Gasteiger partial charge in [0.2, 0.25) is 0 Å². The second-order valence-corrected chi connectivity index (χ2v) is 4.03. The average Bonchev–Trinajstić information content (AvgIpc) is 2.81. The van der Waals surface area contributed by atoms with Crippen LogP contribution in [0, 0.1) is 0 Å². The SMILES string of the molecule is CCCCn1nnc(C(=O)O)c1-c1ccccc1. The Labute approximate surface area is 105 Å². The summed E-state index contributed by atoms with van der Waals surface area (Å²) in [5, 5.41) is 16.8. The van der Waals surface area contributed by atoms with Gasteiger partial charge in [0.15, 0.2) is 5.69 Å². The maximum Gasteiger partial charge on any atom is 0.358 e. The van der Waals surface area contributed by atoms with Crippen LogP contribution in [0.15, 0.2) is 30.3 Å². The van der Waals surface area contributed by atoms with Crippen LogP contribution in [-0.2, 0) is 6.54 Å². The summed E-state index contributed by atoms with van der Waals surface area (Å²) in [5.41, 5.74) is 1.42. The summed E-state index contributed by atoms with van der Waals surface area (Å²) >= 11 is 0. The van der Waals surface area contributed by atoms with Gasteiger partial charge >= 0.3 is 5.97 Å². The Kier molecular flexibility index (Phi) is 3.72. The Morgan fingerprint density at radius 3 is 2.67 bits per heavy atom. The van der Waals surface area contributed by atoms with Gasteiger partial charge in [-0.2, -0.15) is 0 Å². The lowest BCUT2D eigenvalue weighted by atomic mass is 10.1. The Bertz CT molecular complexity index is 534. The normalized spacial score (nSPS) is 10.5. The molecular weight excluding hydrogens is 230 g/mol. The van der Waals surface area contributed by atoms with Gasteiger partial charge in [0, 0.05) is 12.1 Å². The summed E-state index contributed by atoms with van der Waals surface area (Å²) < 4.78 is 1.67. The first-order valence-electron chi connectivity index (χ1n) is 5.96. The van der Waals surface area contributed by atoms with Crippen LogP contribution in [0.2, 0.25) is 0 Å². The van der Waals surface area contributed by atoms with Crippen LogP contribution in [0.5, 0.6) is 0 Å². The maximum atomic E-state index is 11.2. The van der Waals surface area contributed by atoms with E-state index in [4.69, 9.17) is 5.11 Å². The topological polar surface area (TPSA) is 68.0 Å². The van der Waals surface area contributed by atoms with Crippen molar-refractivity contribution in [2.75, 3.05) is 0 Å². The van der Waals surface area contributed by atoms with E-state index in [-0.39, 0.29) is 5.69 Å². The van der Waals surface area contributed by atoms with E-state index in [2.05, 4.69) is 17.2 Å². The van der Waals surface area contributed by atoms with Gasteiger partial charge in [0.1, 0.15) is 5.69 Å². The molecule has 0 bridgehead atoms. The molecule has 0 atom stereocenters. The number of aromatic nitrogens is 3. The van der Waals surface area contributed by atoms with E-state index in [1.807, 2.05) is 30.3 Å². The standard InChI is InChI=1S/C13H15N3O2/c1-2-3-9-16-12(10-7-5-4-6-8-10)11(13(17)18)14-15-16/h4-8H,2-3,9H2,1H3,(H,17,18). The highest BCUT2D eigenvalue weighted by Gasteiger charge is 2.19. The van der Waals surface area contributed by atoms with Crippen molar-refractivity contribution in [3.63, 3.8) is 0 Å². The zero-order valence-electron chi connectivity index (χ0n) is 10.2. The zero-order chi connectivity index (χ0) is 13.0. The predicted octanol–water partition coefficient (Wildman–Crippen LogP) is 2.44. The second kappa shape index (κ2) is 5.44.